The first-order valence-electron chi connectivity index (χ1n) is 10.7. The van der Waals surface area contributed by atoms with Crippen molar-refractivity contribution >= 4 is 29.4 Å². The fourth-order valence-corrected chi connectivity index (χ4v) is 3.71. The number of ether oxygens (including phenoxy) is 1. The van der Waals surface area contributed by atoms with Gasteiger partial charge in [0.25, 0.3) is 5.69 Å². The molecule has 2 aromatic carbocycles. The Hall–Kier alpha value is -4.48. The van der Waals surface area contributed by atoms with Crippen molar-refractivity contribution < 1.29 is 33.9 Å². The highest BCUT2D eigenvalue weighted by atomic mass is 16.6. The number of carbonyl (C=O) groups is 4. The van der Waals surface area contributed by atoms with Crippen LogP contribution < -0.4 is 20.7 Å². The quantitative estimate of drug-likeness (QED) is 0.275. The third-order valence-electron chi connectivity index (χ3n) is 5.47. The highest BCUT2D eigenvalue weighted by Gasteiger charge is 2.35. The number of methoxy groups -OCH3 is 1. The highest BCUT2D eigenvalue weighted by molar-refractivity contribution is 5.99. The zero-order valence-corrected chi connectivity index (χ0v) is 18.7. The third kappa shape index (κ3) is 6.53. The van der Waals surface area contributed by atoms with E-state index in [9.17, 15) is 34.4 Å². The molecule has 2 aromatic rings. The molecule has 0 saturated carbocycles. The van der Waals surface area contributed by atoms with Crippen molar-refractivity contribution in [3.8, 4) is 5.75 Å². The minimum Gasteiger partial charge on any atom is -0.496 e. The summed E-state index contributed by atoms with van der Waals surface area (Å²) in [5.74, 6) is -2.97. The summed E-state index contributed by atoms with van der Waals surface area (Å²) in [4.78, 5) is 59.6. The van der Waals surface area contributed by atoms with Crippen LogP contribution in [0.5, 0.6) is 5.75 Å². The van der Waals surface area contributed by atoms with Crippen LogP contribution in [0.1, 0.15) is 17.5 Å². The largest absolute Gasteiger partial charge is 0.496 e. The molecule has 0 bridgehead atoms. The van der Waals surface area contributed by atoms with Crippen LogP contribution in [-0.4, -0.2) is 59.0 Å². The van der Waals surface area contributed by atoms with Gasteiger partial charge in [0.15, 0.2) is 0 Å². The fraction of sp³-hybridized carbons (Fsp3) is 0.304. The number of nitrogens with one attached hydrogen (secondary N) is 3. The second kappa shape index (κ2) is 11.1. The van der Waals surface area contributed by atoms with Crippen LogP contribution in [-0.2, 0) is 32.0 Å². The van der Waals surface area contributed by atoms with Crippen molar-refractivity contribution in [3.05, 3.63) is 69.8 Å². The number of nitro benzene ring substituents is 1. The number of carboxylic acid groups (broad SMARTS) is 1. The average Bonchev–Trinajstić information content (AvgIpc) is 2.82. The second-order valence-corrected chi connectivity index (χ2v) is 7.93. The summed E-state index contributed by atoms with van der Waals surface area (Å²) in [6.45, 7) is 0. The maximum Gasteiger partial charge on any atom is 0.326 e. The van der Waals surface area contributed by atoms with E-state index in [0.717, 1.165) is 5.56 Å². The molecule has 0 aliphatic carbocycles. The molecule has 3 amide bonds. The molecule has 1 aliphatic heterocycles. The molecule has 12 heteroatoms. The van der Waals surface area contributed by atoms with Crippen molar-refractivity contribution in [1.29, 1.82) is 0 Å². The Balaban J connectivity index is 1.62. The lowest BCUT2D eigenvalue weighted by atomic mass is 10.0. The van der Waals surface area contributed by atoms with E-state index in [-0.39, 0.29) is 29.8 Å². The standard InChI is InChI=1S/C23H24N4O8/c1-35-19-8-7-15(27(33)34)10-14(19)11-18(23(31)32)24-20(28)12-17-22(30)25-16(21(29)26-17)9-13-5-3-2-4-6-13/h2-8,10,16-18H,9,11-12H2,1H3,(H,24,28)(H,25,30)(H,26,29)(H,31,32)/t16-,17-,18+/m0/s1. The fourth-order valence-electron chi connectivity index (χ4n) is 3.71. The van der Waals surface area contributed by atoms with Gasteiger partial charge in [0.2, 0.25) is 17.7 Å². The number of piperazine rings is 1. The van der Waals surface area contributed by atoms with Gasteiger partial charge in [-0.25, -0.2) is 4.79 Å². The molecule has 1 fully saturated rings. The molecule has 1 saturated heterocycles. The molecule has 0 spiro atoms. The lowest BCUT2D eigenvalue weighted by molar-refractivity contribution is -0.384. The van der Waals surface area contributed by atoms with Crippen molar-refractivity contribution in [2.45, 2.75) is 37.4 Å². The van der Waals surface area contributed by atoms with Gasteiger partial charge in [0.05, 0.1) is 18.5 Å². The first-order valence-corrected chi connectivity index (χ1v) is 10.7. The Labute approximate surface area is 199 Å². The minimum atomic E-state index is -1.45. The van der Waals surface area contributed by atoms with E-state index < -0.39 is 53.2 Å². The lowest BCUT2D eigenvalue weighted by Gasteiger charge is -2.29. The SMILES string of the molecule is COc1ccc([N+](=O)[O-])cc1C[C@@H](NC(=O)C[C@@H]1NC(=O)[C@H](Cc2ccccc2)NC1=O)C(=O)O. The summed E-state index contributed by atoms with van der Waals surface area (Å²) in [7, 11) is 1.33. The second-order valence-electron chi connectivity index (χ2n) is 7.93. The predicted molar refractivity (Wildman–Crippen MR) is 122 cm³/mol. The number of hydrogen-bond acceptors (Lipinski definition) is 7. The third-order valence-corrected chi connectivity index (χ3v) is 5.47. The van der Waals surface area contributed by atoms with Gasteiger partial charge >= 0.3 is 5.97 Å². The van der Waals surface area contributed by atoms with Gasteiger partial charge in [-0.05, 0) is 11.6 Å². The molecule has 184 valence electrons. The van der Waals surface area contributed by atoms with Gasteiger partial charge in [0, 0.05) is 30.5 Å². The van der Waals surface area contributed by atoms with E-state index in [1.807, 2.05) is 30.3 Å². The Kier molecular flexibility index (Phi) is 7.97. The first kappa shape index (κ1) is 25.1. The van der Waals surface area contributed by atoms with Crippen molar-refractivity contribution in [1.82, 2.24) is 16.0 Å². The number of nitrogens with zero attached hydrogens (tertiary/aromatic N) is 1. The Morgan fingerprint density at radius 3 is 2.40 bits per heavy atom. The molecule has 0 radical (unpaired) electrons. The van der Waals surface area contributed by atoms with Gasteiger partial charge in [-0.2, -0.15) is 0 Å². The van der Waals surface area contributed by atoms with Crippen LogP contribution in [0.15, 0.2) is 48.5 Å². The average molecular weight is 484 g/mol. The summed E-state index contributed by atoms with van der Waals surface area (Å²) >= 11 is 0. The van der Waals surface area contributed by atoms with Crippen molar-refractivity contribution in [3.63, 3.8) is 0 Å². The molecule has 4 N–H and O–H groups in total. The summed E-state index contributed by atoms with van der Waals surface area (Å²) < 4.78 is 5.14. The molecule has 12 nitrogen and oxygen atoms in total. The molecular formula is C23H24N4O8. The van der Waals surface area contributed by atoms with Gasteiger partial charge in [-0.1, -0.05) is 30.3 Å². The molecule has 3 atom stereocenters. The maximum absolute atomic E-state index is 12.5. The zero-order chi connectivity index (χ0) is 25.5. The zero-order valence-electron chi connectivity index (χ0n) is 18.7. The lowest BCUT2D eigenvalue weighted by Crippen LogP contribution is -2.63. The van der Waals surface area contributed by atoms with E-state index in [1.54, 1.807) is 0 Å². The summed E-state index contributed by atoms with van der Waals surface area (Å²) in [5.41, 5.74) is 0.801. The highest BCUT2D eigenvalue weighted by Crippen LogP contribution is 2.25. The Morgan fingerprint density at radius 2 is 1.77 bits per heavy atom. The molecule has 3 rings (SSSR count). The number of rotatable bonds is 10. The summed E-state index contributed by atoms with van der Waals surface area (Å²) in [6.07, 6.45) is -0.497. The van der Waals surface area contributed by atoms with Crippen LogP contribution >= 0.6 is 0 Å². The van der Waals surface area contributed by atoms with Crippen LogP contribution in [0.3, 0.4) is 0 Å². The van der Waals surface area contributed by atoms with Gasteiger partial charge < -0.3 is 25.8 Å². The van der Waals surface area contributed by atoms with E-state index >= 15 is 0 Å². The van der Waals surface area contributed by atoms with Gasteiger partial charge in [-0.15, -0.1) is 0 Å². The topological polar surface area (TPSA) is 177 Å². The van der Waals surface area contributed by atoms with Gasteiger partial charge in [0.1, 0.15) is 23.9 Å². The first-order chi connectivity index (χ1) is 16.7. The molecule has 0 unspecified atom stereocenters. The van der Waals surface area contributed by atoms with Crippen LogP contribution in [0.4, 0.5) is 5.69 Å². The predicted octanol–water partition coefficient (Wildman–Crippen LogP) is 0.331. The number of nitro groups is 1. The van der Waals surface area contributed by atoms with E-state index in [2.05, 4.69) is 16.0 Å². The number of hydrogen-bond donors (Lipinski definition) is 4. The number of amides is 3. The maximum atomic E-state index is 12.5. The molecular weight excluding hydrogens is 460 g/mol. The normalized spacial score (nSPS) is 18.1. The van der Waals surface area contributed by atoms with Crippen molar-refractivity contribution in [2.75, 3.05) is 7.11 Å². The Morgan fingerprint density at radius 1 is 1.11 bits per heavy atom. The minimum absolute atomic E-state index is 0.210. The molecule has 35 heavy (non-hydrogen) atoms. The van der Waals surface area contributed by atoms with E-state index in [0.29, 0.717) is 0 Å². The smallest absolute Gasteiger partial charge is 0.326 e. The summed E-state index contributed by atoms with van der Waals surface area (Å²) in [6, 6.07) is 9.40. The number of aliphatic carboxylic acids is 1. The van der Waals surface area contributed by atoms with Crippen LogP contribution in [0.25, 0.3) is 0 Å². The molecule has 1 aliphatic rings. The number of carboxylic acids is 1. The summed E-state index contributed by atoms with van der Waals surface area (Å²) in [5, 5.41) is 28.0. The number of non-ortho nitro benzene ring substituents is 1. The number of carbonyl (C=O) groups excluding carboxylic acids is 3. The van der Waals surface area contributed by atoms with Gasteiger partial charge in [-0.3, -0.25) is 24.5 Å². The van der Waals surface area contributed by atoms with Crippen LogP contribution in [0, 0.1) is 10.1 Å². The Bertz CT molecular complexity index is 1140. The van der Waals surface area contributed by atoms with E-state index in [1.165, 1.54) is 25.3 Å². The van der Waals surface area contributed by atoms with Crippen molar-refractivity contribution in [2.24, 2.45) is 0 Å². The van der Waals surface area contributed by atoms with E-state index in [4.69, 9.17) is 4.74 Å². The molecule has 1 heterocycles. The van der Waals surface area contributed by atoms with Crippen LogP contribution in [0.2, 0.25) is 0 Å². The molecule has 0 aromatic heterocycles. The number of benzene rings is 2. The monoisotopic (exact) mass is 484 g/mol.